The van der Waals surface area contributed by atoms with Gasteiger partial charge in [0.25, 0.3) is 0 Å². The summed E-state index contributed by atoms with van der Waals surface area (Å²) in [6.45, 7) is 3.94. The van der Waals surface area contributed by atoms with Gasteiger partial charge in [0, 0.05) is 0 Å². The highest BCUT2D eigenvalue weighted by Crippen LogP contribution is 2.32. The van der Waals surface area contributed by atoms with E-state index in [1.807, 2.05) is 13.8 Å². The van der Waals surface area contributed by atoms with E-state index in [0.29, 0.717) is 0 Å². The van der Waals surface area contributed by atoms with Gasteiger partial charge in [0.15, 0.2) is 0 Å². The van der Waals surface area contributed by atoms with E-state index in [4.69, 9.17) is 5.11 Å². The lowest BCUT2D eigenvalue weighted by molar-refractivity contribution is -0.150. The quantitative estimate of drug-likeness (QED) is 0.648. The monoisotopic (exact) mass is 204 g/mol. The molecule has 0 saturated carbocycles. The van der Waals surface area contributed by atoms with E-state index >= 15 is 0 Å². The first kappa shape index (κ1) is 12.8. The van der Waals surface area contributed by atoms with Gasteiger partial charge >= 0.3 is 5.97 Å². The van der Waals surface area contributed by atoms with Crippen LogP contribution in [0.4, 0.5) is 0 Å². The molecule has 0 unspecified atom stereocenters. The number of carbonyl (C=O) groups is 1. The van der Waals surface area contributed by atoms with Gasteiger partial charge in [-0.2, -0.15) is 11.8 Å². The van der Waals surface area contributed by atoms with Crippen LogP contribution in [-0.2, 0) is 4.79 Å². The Balaban J connectivity index is 4.14. The Bertz CT molecular complexity index is 153. The maximum Gasteiger partial charge on any atom is 0.309 e. The van der Waals surface area contributed by atoms with Crippen LogP contribution in [0, 0.1) is 5.41 Å². The van der Waals surface area contributed by atoms with Gasteiger partial charge in [0.2, 0.25) is 0 Å². The van der Waals surface area contributed by atoms with E-state index in [2.05, 4.69) is 6.26 Å². The van der Waals surface area contributed by atoms with Crippen LogP contribution in [0.3, 0.4) is 0 Å². The van der Waals surface area contributed by atoms with Crippen LogP contribution in [-0.4, -0.2) is 23.1 Å². The molecule has 0 atom stereocenters. The van der Waals surface area contributed by atoms with Crippen LogP contribution >= 0.6 is 11.8 Å². The van der Waals surface area contributed by atoms with Crippen LogP contribution in [0.5, 0.6) is 0 Å². The second-order valence-electron chi connectivity index (χ2n) is 3.39. The van der Waals surface area contributed by atoms with Crippen molar-refractivity contribution in [3.8, 4) is 0 Å². The fourth-order valence-electron chi connectivity index (χ4n) is 1.57. The standard InChI is InChI=1S/C10H20O2S/c1-4-10(5-2,9(11)12)7-6-8-13-3/h4-8H2,1-3H3,(H,11,12). The van der Waals surface area contributed by atoms with Crippen molar-refractivity contribution in [3.05, 3.63) is 0 Å². The molecule has 0 aromatic rings. The van der Waals surface area contributed by atoms with Crippen molar-refractivity contribution in [2.75, 3.05) is 12.0 Å². The summed E-state index contributed by atoms with van der Waals surface area (Å²) in [5, 5.41) is 9.12. The topological polar surface area (TPSA) is 37.3 Å². The molecule has 0 amide bonds. The molecule has 0 saturated heterocycles. The maximum atomic E-state index is 11.1. The van der Waals surface area contributed by atoms with Gasteiger partial charge in [-0.15, -0.1) is 0 Å². The molecule has 0 rings (SSSR count). The van der Waals surface area contributed by atoms with E-state index < -0.39 is 11.4 Å². The van der Waals surface area contributed by atoms with Crippen molar-refractivity contribution < 1.29 is 9.90 Å². The van der Waals surface area contributed by atoms with E-state index in [-0.39, 0.29) is 0 Å². The second kappa shape index (κ2) is 6.30. The third kappa shape index (κ3) is 3.59. The number of carboxylic acids is 1. The van der Waals surface area contributed by atoms with Gasteiger partial charge in [-0.25, -0.2) is 0 Å². The number of hydrogen-bond donors (Lipinski definition) is 1. The zero-order chi connectivity index (χ0) is 10.3. The second-order valence-corrected chi connectivity index (χ2v) is 4.37. The summed E-state index contributed by atoms with van der Waals surface area (Å²) in [7, 11) is 0. The highest BCUT2D eigenvalue weighted by atomic mass is 32.2. The Hall–Kier alpha value is -0.180. The van der Waals surface area contributed by atoms with Crippen LogP contribution in [0.25, 0.3) is 0 Å². The van der Waals surface area contributed by atoms with E-state index in [1.165, 1.54) is 0 Å². The van der Waals surface area contributed by atoms with E-state index in [0.717, 1.165) is 31.4 Å². The number of aliphatic carboxylic acids is 1. The zero-order valence-corrected chi connectivity index (χ0v) is 9.62. The van der Waals surface area contributed by atoms with Crippen molar-refractivity contribution in [1.82, 2.24) is 0 Å². The van der Waals surface area contributed by atoms with Crippen molar-refractivity contribution >= 4 is 17.7 Å². The van der Waals surface area contributed by atoms with Crippen LogP contribution < -0.4 is 0 Å². The summed E-state index contributed by atoms with van der Waals surface area (Å²) >= 11 is 1.78. The maximum absolute atomic E-state index is 11.1. The molecule has 0 fully saturated rings. The molecule has 2 nitrogen and oxygen atoms in total. The summed E-state index contributed by atoms with van der Waals surface area (Å²) in [4.78, 5) is 11.1. The number of hydrogen-bond acceptors (Lipinski definition) is 2. The van der Waals surface area contributed by atoms with Crippen LogP contribution in [0.15, 0.2) is 0 Å². The molecular formula is C10H20O2S. The molecule has 0 bridgehead atoms. The Labute approximate surface area is 85.1 Å². The molecule has 13 heavy (non-hydrogen) atoms. The first-order valence-electron chi connectivity index (χ1n) is 4.85. The number of rotatable bonds is 7. The summed E-state index contributed by atoms with van der Waals surface area (Å²) < 4.78 is 0. The molecule has 0 spiro atoms. The highest BCUT2D eigenvalue weighted by molar-refractivity contribution is 7.98. The van der Waals surface area contributed by atoms with Crippen molar-refractivity contribution in [3.63, 3.8) is 0 Å². The normalized spacial score (nSPS) is 11.6. The molecule has 1 N–H and O–H groups in total. The first-order chi connectivity index (χ1) is 6.13. The molecule has 0 aromatic carbocycles. The van der Waals surface area contributed by atoms with Crippen molar-refractivity contribution in [1.29, 1.82) is 0 Å². The summed E-state index contributed by atoms with van der Waals surface area (Å²) in [5.41, 5.74) is -0.463. The predicted octanol–water partition coefficient (Wildman–Crippen LogP) is 3.02. The van der Waals surface area contributed by atoms with E-state index in [9.17, 15) is 4.79 Å². The van der Waals surface area contributed by atoms with Gasteiger partial charge in [-0.05, 0) is 37.7 Å². The zero-order valence-electron chi connectivity index (χ0n) is 8.80. The summed E-state index contributed by atoms with van der Waals surface area (Å²) in [6.07, 6.45) is 5.37. The lowest BCUT2D eigenvalue weighted by Crippen LogP contribution is -2.29. The minimum atomic E-state index is -0.626. The van der Waals surface area contributed by atoms with Crippen LogP contribution in [0.2, 0.25) is 0 Å². The third-order valence-corrected chi connectivity index (χ3v) is 3.51. The minimum Gasteiger partial charge on any atom is -0.481 e. The molecule has 0 aliphatic heterocycles. The van der Waals surface area contributed by atoms with Gasteiger partial charge in [-0.3, -0.25) is 4.79 Å². The lowest BCUT2D eigenvalue weighted by atomic mass is 9.78. The lowest BCUT2D eigenvalue weighted by Gasteiger charge is -2.26. The number of carboxylic acid groups (broad SMARTS) is 1. The Morgan fingerprint density at radius 3 is 2.23 bits per heavy atom. The summed E-state index contributed by atoms with van der Waals surface area (Å²) in [5.74, 6) is 0.438. The Kier molecular flexibility index (Phi) is 6.21. The number of thioether (sulfide) groups is 1. The first-order valence-corrected chi connectivity index (χ1v) is 6.24. The van der Waals surface area contributed by atoms with Gasteiger partial charge in [0.05, 0.1) is 5.41 Å². The predicted molar refractivity (Wildman–Crippen MR) is 58.3 cm³/mol. The summed E-state index contributed by atoms with van der Waals surface area (Å²) in [6, 6.07) is 0. The SMILES string of the molecule is CCC(CC)(CCCSC)C(=O)O. The molecule has 78 valence electrons. The van der Waals surface area contributed by atoms with Crippen molar-refractivity contribution in [2.24, 2.45) is 5.41 Å². The molecule has 3 heteroatoms. The third-order valence-electron chi connectivity index (χ3n) is 2.81. The fourth-order valence-corrected chi connectivity index (χ4v) is 2.00. The molecular weight excluding hydrogens is 184 g/mol. The molecule has 0 heterocycles. The molecule has 0 radical (unpaired) electrons. The smallest absolute Gasteiger partial charge is 0.309 e. The highest BCUT2D eigenvalue weighted by Gasteiger charge is 2.33. The Morgan fingerprint density at radius 2 is 1.92 bits per heavy atom. The minimum absolute atomic E-state index is 0.463. The Morgan fingerprint density at radius 1 is 1.38 bits per heavy atom. The average Bonchev–Trinajstić information content (AvgIpc) is 2.13. The average molecular weight is 204 g/mol. The fraction of sp³-hybridized carbons (Fsp3) is 0.900. The van der Waals surface area contributed by atoms with Gasteiger partial charge in [-0.1, -0.05) is 13.8 Å². The van der Waals surface area contributed by atoms with Gasteiger partial charge < -0.3 is 5.11 Å². The molecule has 0 aliphatic rings. The van der Waals surface area contributed by atoms with Gasteiger partial charge in [0.1, 0.15) is 0 Å². The van der Waals surface area contributed by atoms with E-state index in [1.54, 1.807) is 11.8 Å². The van der Waals surface area contributed by atoms with Crippen molar-refractivity contribution in [2.45, 2.75) is 39.5 Å². The molecule has 0 aromatic heterocycles. The molecule has 0 aliphatic carbocycles. The largest absolute Gasteiger partial charge is 0.481 e. The van der Waals surface area contributed by atoms with Crippen LogP contribution in [0.1, 0.15) is 39.5 Å².